The van der Waals surface area contributed by atoms with E-state index in [4.69, 9.17) is 11.6 Å². The molecule has 0 amide bonds. The first-order chi connectivity index (χ1) is 10.3. The van der Waals surface area contributed by atoms with Crippen molar-refractivity contribution in [2.45, 2.75) is 12.5 Å². The zero-order valence-corrected chi connectivity index (χ0v) is 13.2. The molecule has 3 aromatic rings. The van der Waals surface area contributed by atoms with Gasteiger partial charge in [0.25, 0.3) is 0 Å². The highest BCUT2D eigenvalue weighted by Crippen LogP contribution is 2.38. The molecule has 1 aliphatic rings. The molecule has 1 N–H and O–H groups in total. The normalized spacial score (nSPS) is 19.0. The van der Waals surface area contributed by atoms with Crippen LogP contribution in [0.15, 0.2) is 24.5 Å². The maximum Gasteiger partial charge on any atom is 0.150 e. The molecule has 0 radical (unpaired) electrons. The number of rotatable bonds is 2. The summed E-state index contributed by atoms with van der Waals surface area (Å²) in [5.74, 6) is 1.05. The number of hydrogen-bond acceptors (Lipinski definition) is 5. The van der Waals surface area contributed by atoms with Crippen LogP contribution in [0.4, 0.5) is 5.82 Å². The van der Waals surface area contributed by atoms with Crippen LogP contribution in [0.5, 0.6) is 0 Å². The van der Waals surface area contributed by atoms with Crippen LogP contribution in [0.1, 0.15) is 6.42 Å². The number of likely N-dealkylation sites (N-methyl/N-ethyl adjacent to an activating group) is 1. The van der Waals surface area contributed by atoms with Crippen molar-refractivity contribution in [3.8, 4) is 0 Å². The van der Waals surface area contributed by atoms with Gasteiger partial charge in [0.05, 0.1) is 10.2 Å². The summed E-state index contributed by atoms with van der Waals surface area (Å²) in [5.41, 5.74) is 1.03. The van der Waals surface area contributed by atoms with E-state index in [0.717, 1.165) is 46.0 Å². The molecule has 21 heavy (non-hydrogen) atoms. The minimum absolute atomic E-state index is 0.541. The molecule has 0 saturated carbocycles. The second-order valence-corrected chi connectivity index (χ2v) is 6.83. The fraction of sp³-hybridized carbons (Fsp3) is 0.333. The second kappa shape index (κ2) is 5.09. The van der Waals surface area contributed by atoms with Gasteiger partial charge in [-0.1, -0.05) is 11.6 Å². The Labute approximate surface area is 131 Å². The van der Waals surface area contributed by atoms with E-state index in [1.54, 1.807) is 17.7 Å². The molecule has 4 rings (SSSR count). The summed E-state index contributed by atoms with van der Waals surface area (Å²) in [4.78, 5) is 11.4. The molecule has 1 atom stereocenters. The fourth-order valence-electron chi connectivity index (χ4n) is 2.95. The molecule has 0 spiro atoms. The topological polar surface area (TPSA) is 41.0 Å². The van der Waals surface area contributed by atoms with Crippen molar-refractivity contribution in [2.24, 2.45) is 0 Å². The Hall–Kier alpha value is -1.43. The van der Waals surface area contributed by atoms with Gasteiger partial charge in [0.15, 0.2) is 0 Å². The molecule has 108 valence electrons. The molecule has 6 heteroatoms. The summed E-state index contributed by atoms with van der Waals surface area (Å²) < 4.78 is 2.33. The Morgan fingerprint density at radius 3 is 3.10 bits per heavy atom. The molecule has 0 bridgehead atoms. The van der Waals surface area contributed by atoms with Crippen molar-refractivity contribution < 1.29 is 0 Å². The summed E-state index contributed by atoms with van der Waals surface area (Å²) in [6.07, 6.45) is 2.82. The van der Waals surface area contributed by atoms with E-state index in [0.29, 0.717) is 6.04 Å². The Kier molecular flexibility index (Phi) is 3.21. The Morgan fingerprint density at radius 2 is 2.29 bits per heavy atom. The van der Waals surface area contributed by atoms with Crippen molar-refractivity contribution in [1.29, 1.82) is 0 Å². The van der Waals surface area contributed by atoms with E-state index in [1.165, 1.54) is 4.70 Å². The summed E-state index contributed by atoms with van der Waals surface area (Å²) in [6, 6.07) is 6.52. The largest absolute Gasteiger partial charge is 0.354 e. The third-order valence-corrected chi connectivity index (χ3v) is 5.46. The number of halogens is 1. The minimum Gasteiger partial charge on any atom is -0.354 e. The van der Waals surface area contributed by atoms with Crippen molar-refractivity contribution in [1.82, 2.24) is 15.3 Å². The highest BCUT2D eigenvalue weighted by Gasteiger charge is 2.24. The van der Waals surface area contributed by atoms with Gasteiger partial charge in [0.2, 0.25) is 0 Å². The van der Waals surface area contributed by atoms with Gasteiger partial charge in [-0.2, -0.15) is 0 Å². The number of fused-ring (bicyclic) bond motifs is 3. The van der Waals surface area contributed by atoms with Crippen LogP contribution in [-0.4, -0.2) is 36.1 Å². The van der Waals surface area contributed by atoms with Gasteiger partial charge < -0.3 is 10.2 Å². The first kappa shape index (κ1) is 13.2. The van der Waals surface area contributed by atoms with Gasteiger partial charge in [0, 0.05) is 34.2 Å². The summed E-state index contributed by atoms with van der Waals surface area (Å²) >= 11 is 7.83. The van der Waals surface area contributed by atoms with Crippen LogP contribution in [0.25, 0.3) is 20.3 Å². The first-order valence-corrected chi connectivity index (χ1v) is 8.20. The molecule has 1 saturated heterocycles. The number of benzene rings is 1. The van der Waals surface area contributed by atoms with Gasteiger partial charge in [-0.3, -0.25) is 0 Å². The molecule has 0 unspecified atom stereocenters. The van der Waals surface area contributed by atoms with E-state index in [2.05, 4.69) is 20.2 Å². The average molecular weight is 319 g/mol. The monoisotopic (exact) mass is 318 g/mol. The summed E-state index contributed by atoms with van der Waals surface area (Å²) in [7, 11) is 2.02. The Morgan fingerprint density at radius 1 is 1.38 bits per heavy atom. The molecule has 2 aromatic heterocycles. The Balaban J connectivity index is 1.88. The quantitative estimate of drug-likeness (QED) is 0.787. The summed E-state index contributed by atoms with van der Waals surface area (Å²) in [5, 5.41) is 5.27. The van der Waals surface area contributed by atoms with Crippen LogP contribution in [-0.2, 0) is 0 Å². The van der Waals surface area contributed by atoms with E-state index < -0.39 is 0 Å². The van der Waals surface area contributed by atoms with Crippen molar-refractivity contribution >= 4 is 49.1 Å². The van der Waals surface area contributed by atoms with Gasteiger partial charge in [-0.05, 0) is 31.7 Å². The van der Waals surface area contributed by atoms with Crippen LogP contribution >= 0.6 is 22.9 Å². The van der Waals surface area contributed by atoms with Gasteiger partial charge in [-0.25, -0.2) is 9.97 Å². The third kappa shape index (κ3) is 2.16. The number of thiophene rings is 1. The molecule has 0 aliphatic carbocycles. The number of aromatic nitrogens is 2. The Bertz CT molecular complexity index is 816. The zero-order chi connectivity index (χ0) is 14.4. The van der Waals surface area contributed by atoms with Crippen LogP contribution in [0, 0.1) is 0 Å². The predicted octanol–water partition coefficient (Wildman–Crippen LogP) is 3.30. The standard InChI is InChI=1S/C15H15ClN4S/c1-17-10-4-5-20(7-10)15-14-13(18-8-19-15)11-3-2-9(16)6-12(11)21-14/h2-3,6,8,10,17H,4-5,7H2,1H3/t10-/m0/s1. The van der Waals surface area contributed by atoms with Gasteiger partial charge in [0.1, 0.15) is 12.1 Å². The maximum atomic E-state index is 6.10. The lowest BCUT2D eigenvalue weighted by Gasteiger charge is -2.17. The lowest BCUT2D eigenvalue weighted by atomic mass is 10.2. The molecule has 1 aliphatic heterocycles. The average Bonchev–Trinajstić information content (AvgIpc) is 3.10. The van der Waals surface area contributed by atoms with E-state index in [9.17, 15) is 0 Å². The molecule has 4 nitrogen and oxygen atoms in total. The SMILES string of the molecule is CN[C@H]1CCN(c2ncnc3c2sc2cc(Cl)ccc23)C1. The predicted molar refractivity (Wildman–Crippen MR) is 89.6 cm³/mol. The van der Waals surface area contributed by atoms with Gasteiger partial charge in [-0.15, -0.1) is 11.3 Å². The fourth-order valence-corrected chi connectivity index (χ4v) is 4.40. The molecular formula is C15H15ClN4S. The van der Waals surface area contributed by atoms with Gasteiger partial charge >= 0.3 is 0 Å². The summed E-state index contributed by atoms with van der Waals surface area (Å²) in [6.45, 7) is 2.03. The molecule has 1 fully saturated rings. The molecule has 3 heterocycles. The molecule has 1 aromatic carbocycles. The number of anilines is 1. The van der Waals surface area contributed by atoms with Crippen molar-refractivity contribution in [3.05, 3.63) is 29.5 Å². The van der Waals surface area contributed by atoms with E-state index >= 15 is 0 Å². The first-order valence-electron chi connectivity index (χ1n) is 7.01. The second-order valence-electron chi connectivity index (χ2n) is 5.34. The van der Waals surface area contributed by atoms with E-state index in [1.807, 2.05) is 25.2 Å². The lowest BCUT2D eigenvalue weighted by Crippen LogP contribution is -2.29. The zero-order valence-electron chi connectivity index (χ0n) is 11.6. The van der Waals surface area contributed by atoms with Crippen molar-refractivity contribution in [3.63, 3.8) is 0 Å². The highest BCUT2D eigenvalue weighted by atomic mass is 35.5. The number of nitrogens with zero attached hydrogens (tertiary/aromatic N) is 3. The number of nitrogens with one attached hydrogen (secondary N) is 1. The maximum absolute atomic E-state index is 6.10. The van der Waals surface area contributed by atoms with Crippen LogP contribution in [0.2, 0.25) is 5.02 Å². The smallest absolute Gasteiger partial charge is 0.150 e. The third-order valence-electron chi connectivity index (χ3n) is 4.09. The van der Waals surface area contributed by atoms with Crippen LogP contribution in [0.3, 0.4) is 0 Å². The highest BCUT2D eigenvalue weighted by molar-refractivity contribution is 7.26. The van der Waals surface area contributed by atoms with Crippen molar-refractivity contribution in [2.75, 3.05) is 25.0 Å². The van der Waals surface area contributed by atoms with Crippen LogP contribution < -0.4 is 10.2 Å². The van der Waals surface area contributed by atoms with E-state index in [-0.39, 0.29) is 0 Å². The molecular weight excluding hydrogens is 304 g/mol. The lowest BCUT2D eigenvalue weighted by molar-refractivity contribution is 0.616. The number of hydrogen-bond donors (Lipinski definition) is 1. The minimum atomic E-state index is 0.541.